The highest BCUT2D eigenvalue weighted by molar-refractivity contribution is 7.90. The molecule has 4 rings (SSSR count). The van der Waals surface area contributed by atoms with Crippen LogP contribution in [-0.4, -0.2) is 18.7 Å². The minimum Gasteiger partial charge on any atom is -0.489 e. The first-order valence-corrected chi connectivity index (χ1v) is 10.1. The van der Waals surface area contributed by atoms with E-state index in [0.29, 0.717) is 35.1 Å². The lowest BCUT2D eigenvalue weighted by Gasteiger charge is -2.09. The van der Waals surface area contributed by atoms with Crippen LogP contribution in [0.3, 0.4) is 0 Å². The maximum Gasteiger partial charge on any atom is 0.268 e. The maximum absolute atomic E-state index is 13.0. The Kier molecular flexibility index (Phi) is 4.71. The van der Waals surface area contributed by atoms with Crippen molar-refractivity contribution in [2.75, 3.05) is 0 Å². The van der Waals surface area contributed by atoms with Gasteiger partial charge in [0.25, 0.3) is 10.0 Å². The molecule has 0 saturated carbocycles. The molecule has 0 unspecified atom stereocenters. The minimum absolute atomic E-state index is 0.161. The molecule has 0 fully saturated rings. The average molecular weight is 391 g/mol. The zero-order chi connectivity index (χ0) is 19.6. The monoisotopic (exact) mass is 391 g/mol. The standard InChI is InChI=1S/C22H17NO4S/c24-15-18-14-23(28(25,26)20-9-5-2-6-10-20)22-12-11-19(13-21(18)22)27-16-17-7-3-1-4-8-17/h1-15H,16H2. The summed E-state index contributed by atoms with van der Waals surface area (Å²) in [5.41, 5.74) is 1.74. The van der Waals surface area contributed by atoms with Crippen molar-refractivity contribution in [2.45, 2.75) is 11.5 Å². The van der Waals surface area contributed by atoms with E-state index in [9.17, 15) is 13.2 Å². The summed E-state index contributed by atoms with van der Waals surface area (Å²) >= 11 is 0. The second kappa shape index (κ2) is 7.32. The van der Waals surface area contributed by atoms with Gasteiger partial charge in [-0.3, -0.25) is 4.79 Å². The summed E-state index contributed by atoms with van der Waals surface area (Å²) in [6.45, 7) is 0.381. The summed E-state index contributed by atoms with van der Waals surface area (Å²) in [4.78, 5) is 11.7. The number of nitrogens with zero attached hydrogens (tertiary/aromatic N) is 1. The predicted octanol–water partition coefficient (Wildman–Crippen LogP) is 4.27. The van der Waals surface area contributed by atoms with Crippen LogP contribution >= 0.6 is 0 Å². The molecule has 0 aliphatic rings. The number of ether oxygens (including phenoxy) is 1. The van der Waals surface area contributed by atoms with E-state index in [1.54, 1.807) is 36.4 Å². The van der Waals surface area contributed by atoms with Gasteiger partial charge in [-0.25, -0.2) is 12.4 Å². The van der Waals surface area contributed by atoms with Gasteiger partial charge >= 0.3 is 0 Å². The van der Waals surface area contributed by atoms with Crippen LogP contribution in [0.5, 0.6) is 5.75 Å². The fourth-order valence-electron chi connectivity index (χ4n) is 3.03. The second-order valence-electron chi connectivity index (χ2n) is 6.27. The van der Waals surface area contributed by atoms with Crippen molar-refractivity contribution in [3.8, 4) is 5.75 Å². The van der Waals surface area contributed by atoms with Crippen molar-refractivity contribution in [3.63, 3.8) is 0 Å². The van der Waals surface area contributed by atoms with Crippen LogP contribution in [0.15, 0.2) is 90.0 Å². The van der Waals surface area contributed by atoms with Crippen LogP contribution < -0.4 is 4.74 Å². The number of aldehydes is 1. The van der Waals surface area contributed by atoms with Crippen LogP contribution in [-0.2, 0) is 16.6 Å². The number of carbonyl (C=O) groups excluding carboxylic acids is 1. The van der Waals surface area contributed by atoms with Gasteiger partial charge in [0.05, 0.1) is 10.4 Å². The van der Waals surface area contributed by atoms with Crippen LogP contribution in [0.25, 0.3) is 10.9 Å². The van der Waals surface area contributed by atoms with Gasteiger partial charge in [-0.15, -0.1) is 0 Å². The smallest absolute Gasteiger partial charge is 0.268 e. The van der Waals surface area contributed by atoms with E-state index in [1.807, 2.05) is 30.3 Å². The average Bonchev–Trinajstić information content (AvgIpc) is 3.12. The number of carbonyl (C=O) groups is 1. The molecule has 0 atom stereocenters. The molecule has 0 amide bonds. The summed E-state index contributed by atoms with van der Waals surface area (Å²) in [6, 6.07) is 22.9. The molecular formula is C22H17NO4S. The minimum atomic E-state index is -3.81. The van der Waals surface area contributed by atoms with Crippen molar-refractivity contribution in [2.24, 2.45) is 0 Å². The zero-order valence-corrected chi connectivity index (χ0v) is 15.7. The van der Waals surface area contributed by atoms with Crippen molar-refractivity contribution in [1.82, 2.24) is 3.97 Å². The molecule has 3 aromatic carbocycles. The number of rotatable bonds is 6. The molecule has 0 bridgehead atoms. The van der Waals surface area contributed by atoms with Gasteiger partial charge in [0, 0.05) is 17.1 Å². The molecule has 5 nitrogen and oxygen atoms in total. The van der Waals surface area contributed by atoms with Gasteiger partial charge in [0.1, 0.15) is 12.4 Å². The Morgan fingerprint density at radius 3 is 2.25 bits per heavy atom. The van der Waals surface area contributed by atoms with E-state index in [4.69, 9.17) is 4.74 Å². The van der Waals surface area contributed by atoms with Crippen LogP contribution in [0.1, 0.15) is 15.9 Å². The van der Waals surface area contributed by atoms with Crippen LogP contribution in [0, 0.1) is 0 Å². The molecule has 1 aromatic heterocycles. The van der Waals surface area contributed by atoms with Gasteiger partial charge in [-0.05, 0) is 35.9 Å². The number of benzene rings is 3. The molecule has 4 aromatic rings. The van der Waals surface area contributed by atoms with E-state index in [-0.39, 0.29) is 4.90 Å². The van der Waals surface area contributed by atoms with Gasteiger partial charge in [0.2, 0.25) is 0 Å². The summed E-state index contributed by atoms with van der Waals surface area (Å²) in [7, 11) is -3.81. The third-order valence-corrected chi connectivity index (χ3v) is 6.14. The molecule has 6 heteroatoms. The Bertz CT molecular complexity index is 1230. The summed E-state index contributed by atoms with van der Waals surface area (Å²) in [5, 5.41) is 0.528. The predicted molar refractivity (Wildman–Crippen MR) is 107 cm³/mol. The fourth-order valence-corrected chi connectivity index (χ4v) is 4.43. The van der Waals surface area contributed by atoms with Crippen molar-refractivity contribution < 1.29 is 17.9 Å². The third-order valence-electron chi connectivity index (χ3n) is 4.45. The third kappa shape index (κ3) is 3.30. The van der Waals surface area contributed by atoms with Gasteiger partial charge in [-0.1, -0.05) is 48.5 Å². The molecule has 0 spiro atoms. The van der Waals surface area contributed by atoms with Gasteiger partial charge < -0.3 is 4.74 Å². The number of fused-ring (bicyclic) bond motifs is 1. The molecule has 0 aliphatic heterocycles. The highest BCUT2D eigenvalue weighted by Gasteiger charge is 2.21. The zero-order valence-electron chi connectivity index (χ0n) is 14.9. The Balaban J connectivity index is 1.74. The topological polar surface area (TPSA) is 65.4 Å². The second-order valence-corrected chi connectivity index (χ2v) is 8.08. The number of hydrogen-bond acceptors (Lipinski definition) is 4. The molecule has 140 valence electrons. The molecule has 28 heavy (non-hydrogen) atoms. The first-order valence-electron chi connectivity index (χ1n) is 8.67. The van der Waals surface area contributed by atoms with E-state index < -0.39 is 10.0 Å². The van der Waals surface area contributed by atoms with Crippen molar-refractivity contribution in [3.05, 3.63) is 96.2 Å². The normalized spacial score (nSPS) is 11.4. The highest BCUT2D eigenvalue weighted by Crippen LogP contribution is 2.29. The van der Waals surface area contributed by atoms with Crippen LogP contribution in [0.4, 0.5) is 0 Å². The van der Waals surface area contributed by atoms with Crippen molar-refractivity contribution in [1.29, 1.82) is 0 Å². The molecule has 0 saturated heterocycles. The Hall–Kier alpha value is -3.38. The first-order chi connectivity index (χ1) is 13.6. The largest absolute Gasteiger partial charge is 0.489 e. The highest BCUT2D eigenvalue weighted by atomic mass is 32.2. The number of aromatic nitrogens is 1. The molecule has 0 N–H and O–H groups in total. The van der Waals surface area contributed by atoms with Gasteiger partial charge in [-0.2, -0.15) is 0 Å². The first kappa shape index (κ1) is 18.0. The Morgan fingerprint density at radius 1 is 0.893 bits per heavy atom. The molecule has 0 radical (unpaired) electrons. The lowest BCUT2D eigenvalue weighted by molar-refractivity contribution is 0.112. The lowest BCUT2D eigenvalue weighted by Crippen LogP contribution is -2.11. The lowest BCUT2D eigenvalue weighted by atomic mass is 10.2. The fraction of sp³-hybridized carbons (Fsp3) is 0.0455. The number of hydrogen-bond donors (Lipinski definition) is 0. The van der Waals surface area contributed by atoms with E-state index >= 15 is 0 Å². The van der Waals surface area contributed by atoms with E-state index in [1.165, 1.54) is 18.3 Å². The molecule has 1 heterocycles. The SMILES string of the molecule is O=Cc1cn(S(=O)(=O)c2ccccc2)c2ccc(OCc3ccccc3)cc12. The Morgan fingerprint density at radius 2 is 1.57 bits per heavy atom. The summed E-state index contributed by atoms with van der Waals surface area (Å²) < 4.78 is 32.9. The van der Waals surface area contributed by atoms with Crippen LogP contribution in [0.2, 0.25) is 0 Å². The molecule has 0 aliphatic carbocycles. The summed E-state index contributed by atoms with van der Waals surface area (Å²) in [6.07, 6.45) is 2.00. The summed E-state index contributed by atoms with van der Waals surface area (Å²) in [5.74, 6) is 0.564. The Labute approximate surface area is 162 Å². The van der Waals surface area contributed by atoms with Crippen molar-refractivity contribution >= 4 is 27.2 Å². The maximum atomic E-state index is 13.0. The quantitative estimate of drug-likeness (QED) is 0.461. The van der Waals surface area contributed by atoms with Gasteiger partial charge in [0.15, 0.2) is 6.29 Å². The van der Waals surface area contributed by atoms with E-state index in [2.05, 4.69) is 0 Å². The molecular weight excluding hydrogens is 374 g/mol. The van der Waals surface area contributed by atoms with E-state index in [0.717, 1.165) is 9.54 Å².